The fraction of sp³-hybridized carbons (Fsp3) is 0.333. The minimum Gasteiger partial charge on any atom is -0.481 e. The molecule has 2 N–H and O–H groups in total. The lowest BCUT2D eigenvalue weighted by Gasteiger charge is -2.18. The molecule has 5 nitrogen and oxygen atoms in total. The largest absolute Gasteiger partial charge is 0.481 e. The molecule has 0 bridgehead atoms. The summed E-state index contributed by atoms with van der Waals surface area (Å²) in [6.45, 7) is 6.99. The molecule has 0 spiro atoms. The Morgan fingerprint density at radius 3 is 2.50 bits per heavy atom. The van der Waals surface area contributed by atoms with Gasteiger partial charge in [-0.15, -0.1) is 6.58 Å². The summed E-state index contributed by atoms with van der Waals surface area (Å²) < 4.78 is 5.46. The summed E-state index contributed by atoms with van der Waals surface area (Å²) >= 11 is 0. The summed E-state index contributed by atoms with van der Waals surface area (Å²) in [4.78, 5) is 22.8. The first-order valence-electron chi connectivity index (χ1n) is 6.31. The summed E-state index contributed by atoms with van der Waals surface area (Å²) in [6, 6.07) is 6.29. The number of hydrogen-bond acceptors (Lipinski definition) is 3. The fourth-order valence-electron chi connectivity index (χ4n) is 1.55. The first-order valence-corrected chi connectivity index (χ1v) is 6.31. The highest BCUT2D eigenvalue weighted by molar-refractivity contribution is 5.86. The molecule has 0 aliphatic heterocycles. The molecule has 0 saturated carbocycles. The molecule has 0 fully saturated rings. The summed E-state index contributed by atoms with van der Waals surface area (Å²) in [5.41, 5.74) is 1.09. The summed E-state index contributed by atoms with van der Waals surface area (Å²) in [5.74, 6) is -1.01. The summed E-state index contributed by atoms with van der Waals surface area (Å²) in [6.07, 6.45) is 0.840. The molecular weight excluding hydrogens is 258 g/mol. The van der Waals surface area contributed by atoms with E-state index in [0.29, 0.717) is 5.75 Å². The number of carbonyl (C=O) groups is 2. The van der Waals surface area contributed by atoms with Crippen LogP contribution in [0.25, 0.3) is 0 Å². The molecule has 2 atom stereocenters. The highest BCUT2D eigenvalue weighted by atomic mass is 16.5. The number of amides is 1. The van der Waals surface area contributed by atoms with Crippen LogP contribution in [0.4, 0.5) is 0 Å². The zero-order valence-corrected chi connectivity index (χ0v) is 11.6. The average Bonchev–Trinajstić information content (AvgIpc) is 2.40. The first kappa shape index (κ1) is 15.8. The third kappa shape index (κ3) is 4.76. The number of nitrogens with one attached hydrogen (secondary N) is 1. The van der Waals surface area contributed by atoms with E-state index in [9.17, 15) is 9.59 Å². The minimum atomic E-state index is -1.10. The van der Waals surface area contributed by atoms with Crippen molar-refractivity contribution in [2.75, 3.05) is 0 Å². The number of hydrogen-bond donors (Lipinski definition) is 2. The van der Waals surface area contributed by atoms with E-state index in [-0.39, 0.29) is 6.42 Å². The standard InChI is InChI=1S/C15H19NO4/c1-4-5-13(15(18)19)16-14(17)11(3)20-12-8-6-10(2)7-9-12/h4,6-9,11,13H,1,5H2,2-3H3,(H,16,17)(H,18,19). The quantitative estimate of drug-likeness (QED) is 0.746. The van der Waals surface area contributed by atoms with E-state index < -0.39 is 24.0 Å². The lowest BCUT2D eigenvalue weighted by molar-refractivity contribution is -0.142. The SMILES string of the molecule is C=CCC(NC(=O)C(C)Oc1ccc(C)cc1)C(=O)O. The van der Waals surface area contributed by atoms with Crippen LogP contribution in [0.2, 0.25) is 0 Å². The van der Waals surface area contributed by atoms with Crippen LogP contribution in [-0.2, 0) is 9.59 Å². The number of aliphatic carboxylic acids is 1. The number of rotatable bonds is 7. The smallest absolute Gasteiger partial charge is 0.326 e. The molecule has 0 aliphatic rings. The predicted octanol–water partition coefficient (Wildman–Crippen LogP) is 1.91. The van der Waals surface area contributed by atoms with Gasteiger partial charge in [0.05, 0.1) is 0 Å². The molecule has 0 aliphatic carbocycles. The van der Waals surface area contributed by atoms with Crippen LogP contribution in [0, 0.1) is 6.92 Å². The van der Waals surface area contributed by atoms with Gasteiger partial charge in [-0.1, -0.05) is 23.8 Å². The molecule has 20 heavy (non-hydrogen) atoms. The molecular formula is C15H19NO4. The van der Waals surface area contributed by atoms with Gasteiger partial charge in [0.25, 0.3) is 5.91 Å². The second kappa shape index (κ2) is 7.33. The van der Waals surface area contributed by atoms with Crippen molar-refractivity contribution in [2.45, 2.75) is 32.4 Å². The van der Waals surface area contributed by atoms with E-state index in [2.05, 4.69) is 11.9 Å². The van der Waals surface area contributed by atoms with E-state index in [0.717, 1.165) is 5.56 Å². The first-order chi connectivity index (χ1) is 9.43. The topological polar surface area (TPSA) is 75.6 Å². The second-order valence-electron chi connectivity index (χ2n) is 4.50. The van der Waals surface area contributed by atoms with Crippen LogP contribution in [0.3, 0.4) is 0 Å². The molecule has 1 amide bonds. The van der Waals surface area contributed by atoms with Crippen molar-refractivity contribution in [2.24, 2.45) is 0 Å². The van der Waals surface area contributed by atoms with E-state index in [1.165, 1.54) is 6.08 Å². The van der Waals surface area contributed by atoms with Gasteiger partial charge in [0.15, 0.2) is 6.10 Å². The maximum Gasteiger partial charge on any atom is 0.326 e. The molecule has 5 heteroatoms. The van der Waals surface area contributed by atoms with Crippen molar-refractivity contribution in [3.63, 3.8) is 0 Å². The van der Waals surface area contributed by atoms with Gasteiger partial charge in [0.1, 0.15) is 11.8 Å². The van der Waals surface area contributed by atoms with E-state index >= 15 is 0 Å². The molecule has 0 aromatic heterocycles. The van der Waals surface area contributed by atoms with Crippen LogP contribution in [0.1, 0.15) is 18.9 Å². The normalized spacial score (nSPS) is 13.1. The van der Waals surface area contributed by atoms with Crippen molar-refractivity contribution >= 4 is 11.9 Å². The van der Waals surface area contributed by atoms with Crippen LogP contribution in [0.5, 0.6) is 5.75 Å². The molecule has 108 valence electrons. The van der Waals surface area contributed by atoms with Crippen LogP contribution in [-0.4, -0.2) is 29.1 Å². The highest BCUT2D eigenvalue weighted by Gasteiger charge is 2.22. The number of ether oxygens (including phenoxy) is 1. The molecule has 0 heterocycles. The maximum absolute atomic E-state index is 11.9. The van der Waals surface area contributed by atoms with Gasteiger partial charge >= 0.3 is 5.97 Å². The Bertz CT molecular complexity index is 481. The molecule has 1 aromatic rings. The number of carbonyl (C=O) groups excluding carboxylic acids is 1. The van der Waals surface area contributed by atoms with Gasteiger partial charge in [-0.3, -0.25) is 4.79 Å². The Balaban J connectivity index is 2.59. The maximum atomic E-state index is 11.9. The summed E-state index contributed by atoms with van der Waals surface area (Å²) in [5, 5.41) is 11.4. The predicted molar refractivity (Wildman–Crippen MR) is 75.6 cm³/mol. The van der Waals surface area contributed by atoms with E-state index in [1.54, 1.807) is 19.1 Å². The Morgan fingerprint density at radius 2 is 2.00 bits per heavy atom. The Labute approximate surface area is 118 Å². The average molecular weight is 277 g/mol. The second-order valence-corrected chi connectivity index (χ2v) is 4.50. The van der Waals surface area contributed by atoms with Crippen LogP contribution in [0.15, 0.2) is 36.9 Å². The number of benzene rings is 1. The lowest BCUT2D eigenvalue weighted by atomic mass is 10.2. The molecule has 0 radical (unpaired) electrons. The molecule has 2 unspecified atom stereocenters. The van der Waals surface area contributed by atoms with Gasteiger partial charge in [-0.05, 0) is 32.4 Å². The highest BCUT2D eigenvalue weighted by Crippen LogP contribution is 2.13. The van der Waals surface area contributed by atoms with Crippen molar-refractivity contribution < 1.29 is 19.4 Å². The number of carboxylic acids is 1. The van der Waals surface area contributed by atoms with Gasteiger partial charge in [0.2, 0.25) is 0 Å². The Hall–Kier alpha value is -2.30. The van der Waals surface area contributed by atoms with Gasteiger partial charge in [-0.25, -0.2) is 4.79 Å². The Morgan fingerprint density at radius 1 is 1.40 bits per heavy atom. The van der Waals surface area contributed by atoms with Gasteiger partial charge in [-0.2, -0.15) is 0 Å². The van der Waals surface area contributed by atoms with Crippen molar-refractivity contribution in [3.05, 3.63) is 42.5 Å². The summed E-state index contributed by atoms with van der Waals surface area (Å²) in [7, 11) is 0. The minimum absolute atomic E-state index is 0.165. The van der Waals surface area contributed by atoms with Crippen LogP contribution < -0.4 is 10.1 Å². The van der Waals surface area contributed by atoms with Gasteiger partial charge < -0.3 is 15.2 Å². The van der Waals surface area contributed by atoms with Crippen molar-refractivity contribution in [1.29, 1.82) is 0 Å². The third-order valence-electron chi connectivity index (χ3n) is 2.72. The van der Waals surface area contributed by atoms with Crippen molar-refractivity contribution in [1.82, 2.24) is 5.32 Å². The molecule has 0 saturated heterocycles. The number of aryl methyl sites for hydroxylation is 1. The van der Waals surface area contributed by atoms with Crippen molar-refractivity contribution in [3.8, 4) is 5.75 Å². The zero-order chi connectivity index (χ0) is 15.1. The lowest BCUT2D eigenvalue weighted by Crippen LogP contribution is -2.46. The van der Waals surface area contributed by atoms with E-state index in [1.807, 2.05) is 19.1 Å². The van der Waals surface area contributed by atoms with Crippen LogP contribution >= 0.6 is 0 Å². The third-order valence-corrected chi connectivity index (χ3v) is 2.72. The molecule has 1 aromatic carbocycles. The fourth-order valence-corrected chi connectivity index (χ4v) is 1.55. The van der Waals surface area contributed by atoms with Gasteiger partial charge in [0, 0.05) is 0 Å². The van der Waals surface area contributed by atoms with E-state index in [4.69, 9.17) is 9.84 Å². The number of carboxylic acid groups (broad SMARTS) is 1. The monoisotopic (exact) mass is 277 g/mol. The molecule has 1 rings (SSSR count). The zero-order valence-electron chi connectivity index (χ0n) is 11.6. The Kier molecular flexibility index (Phi) is 5.77.